The van der Waals surface area contributed by atoms with Crippen molar-refractivity contribution in [3.63, 3.8) is 0 Å². The molecule has 0 N–H and O–H groups in total. The average Bonchev–Trinajstić information content (AvgIpc) is 2.53. The van der Waals surface area contributed by atoms with Gasteiger partial charge in [0, 0.05) is 6.42 Å². The fourth-order valence-electron chi connectivity index (χ4n) is 2.13. The van der Waals surface area contributed by atoms with Gasteiger partial charge in [-0.15, -0.1) is 0 Å². The Balaban J connectivity index is 1.99. The topological polar surface area (TPSA) is 17.1 Å². The van der Waals surface area contributed by atoms with Crippen LogP contribution in [0.3, 0.4) is 0 Å². The van der Waals surface area contributed by atoms with Gasteiger partial charge in [-0.3, -0.25) is 4.79 Å². The van der Waals surface area contributed by atoms with Crippen LogP contribution >= 0.6 is 0 Å². The van der Waals surface area contributed by atoms with Crippen molar-refractivity contribution in [3.05, 3.63) is 72.3 Å². The monoisotopic (exact) mass is 264 g/mol. The lowest BCUT2D eigenvalue weighted by Gasteiger charge is -2.05. The van der Waals surface area contributed by atoms with Gasteiger partial charge in [0.25, 0.3) is 0 Å². The van der Waals surface area contributed by atoms with Crippen LogP contribution in [0.15, 0.2) is 66.7 Å². The summed E-state index contributed by atoms with van der Waals surface area (Å²) in [5.41, 5.74) is 4.35. The molecule has 2 rings (SSSR count). The molecule has 0 saturated heterocycles. The Morgan fingerprint density at radius 1 is 0.950 bits per heavy atom. The summed E-state index contributed by atoms with van der Waals surface area (Å²) >= 11 is 0. The summed E-state index contributed by atoms with van der Waals surface area (Å²) in [5.74, 6) is 0.180. The third kappa shape index (κ3) is 3.67. The van der Waals surface area contributed by atoms with Crippen LogP contribution in [-0.4, -0.2) is 5.78 Å². The number of allylic oxidation sites excluding steroid dienone is 1. The number of hydrogen-bond acceptors (Lipinski definition) is 1. The van der Waals surface area contributed by atoms with Gasteiger partial charge < -0.3 is 0 Å². The second-order valence-electron chi connectivity index (χ2n) is 4.94. The van der Waals surface area contributed by atoms with Crippen molar-refractivity contribution in [1.82, 2.24) is 0 Å². The Morgan fingerprint density at radius 2 is 1.55 bits per heavy atom. The molecule has 0 bridgehead atoms. The molecule has 0 amide bonds. The average molecular weight is 264 g/mol. The van der Waals surface area contributed by atoms with E-state index in [-0.39, 0.29) is 5.78 Å². The minimum Gasteiger partial charge on any atom is -0.295 e. The van der Waals surface area contributed by atoms with Crippen molar-refractivity contribution in [2.75, 3.05) is 0 Å². The molecule has 0 heterocycles. The summed E-state index contributed by atoms with van der Waals surface area (Å²) in [5, 5.41) is 0. The van der Waals surface area contributed by atoms with Crippen molar-refractivity contribution in [2.24, 2.45) is 0 Å². The third-order valence-electron chi connectivity index (χ3n) is 3.52. The van der Waals surface area contributed by atoms with E-state index in [1.54, 1.807) is 0 Å². The minimum absolute atomic E-state index is 0.180. The lowest BCUT2D eigenvalue weighted by molar-refractivity contribution is -0.115. The number of rotatable bonds is 6. The van der Waals surface area contributed by atoms with Gasteiger partial charge >= 0.3 is 0 Å². The SMILES string of the molecule is C=C(CC)C(=O)CCc1ccc(-c2ccccc2)cc1. The van der Waals surface area contributed by atoms with E-state index in [2.05, 4.69) is 43.0 Å². The van der Waals surface area contributed by atoms with E-state index < -0.39 is 0 Å². The summed E-state index contributed by atoms with van der Waals surface area (Å²) in [6, 6.07) is 18.7. The smallest absolute Gasteiger partial charge is 0.158 e. The van der Waals surface area contributed by atoms with Gasteiger partial charge in [-0.05, 0) is 35.1 Å². The molecule has 0 aliphatic carbocycles. The molecule has 0 aromatic heterocycles. The molecule has 0 spiro atoms. The molecule has 1 nitrogen and oxygen atoms in total. The van der Waals surface area contributed by atoms with E-state index in [9.17, 15) is 4.79 Å². The maximum Gasteiger partial charge on any atom is 0.158 e. The largest absolute Gasteiger partial charge is 0.295 e. The van der Waals surface area contributed by atoms with Crippen LogP contribution in [0.5, 0.6) is 0 Å². The first kappa shape index (κ1) is 14.3. The maximum atomic E-state index is 11.7. The molecule has 102 valence electrons. The zero-order chi connectivity index (χ0) is 14.4. The van der Waals surface area contributed by atoms with Gasteiger partial charge in [-0.1, -0.05) is 68.1 Å². The fourth-order valence-corrected chi connectivity index (χ4v) is 2.13. The Bertz CT molecular complexity index is 579. The lowest BCUT2D eigenvalue weighted by atomic mass is 9.99. The van der Waals surface area contributed by atoms with E-state index in [4.69, 9.17) is 0 Å². The number of Topliss-reactive ketones (excluding diaryl/α,β-unsaturated/α-hetero) is 1. The van der Waals surface area contributed by atoms with Crippen LogP contribution in [0.1, 0.15) is 25.3 Å². The highest BCUT2D eigenvalue weighted by Gasteiger charge is 2.05. The van der Waals surface area contributed by atoms with Crippen molar-refractivity contribution >= 4 is 5.78 Å². The van der Waals surface area contributed by atoms with Gasteiger partial charge in [-0.25, -0.2) is 0 Å². The zero-order valence-corrected chi connectivity index (χ0v) is 11.9. The summed E-state index contributed by atoms with van der Waals surface area (Å²) < 4.78 is 0. The maximum absolute atomic E-state index is 11.7. The Kier molecular flexibility index (Phi) is 4.89. The summed E-state index contributed by atoms with van der Waals surface area (Å²) in [4.78, 5) is 11.7. The third-order valence-corrected chi connectivity index (χ3v) is 3.52. The molecule has 0 unspecified atom stereocenters. The van der Waals surface area contributed by atoms with Crippen LogP contribution in [0.4, 0.5) is 0 Å². The minimum atomic E-state index is 0.180. The van der Waals surface area contributed by atoms with Crippen LogP contribution in [0, 0.1) is 0 Å². The molecular weight excluding hydrogens is 244 g/mol. The van der Waals surface area contributed by atoms with E-state index >= 15 is 0 Å². The highest BCUT2D eigenvalue weighted by Crippen LogP contribution is 2.20. The molecule has 0 atom stereocenters. The van der Waals surface area contributed by atoms with Crippen LogP contribution in [0.25, 0.3) is 11.1 Å². The molecule has 1 heteroatoms. The zero-order valence-electron chi connectivity index (χ0n) is 11.9. The number of aryl methyl sites for hydroxylation is 1. The Hall–Kier alpha value is -2.15. The second-order valence-corrected chi connectivity index (χ2v) is 4.94. The number of carbonyl (C=O) groups excluding carboxylic acids is 1. The molecule has 2 aromatic rings. The quantitative estimate of drug-likeness (QED) is 0.683. The first-order valence-corrected chi connectivity index (χ1v) is 7.06. The first-order valence-electron chi connectivity index (χ1n) is 7.06. The standard InChI is InChI=1S/C19H20O/c1-3-15(2)19(20)14-11-16-9-12-18(13-10-16)17-7-5-4-6-8-17/h4-10,12-13H,2-3,11,14H2,1H3. The van der Waals surface area contributed by atoms with Gasteiger partial charge in [-0.2, -0.15) is 0 Å². The van der Waals surface area contributed by atoms with E-state index in [0.717, 1.165) is 18.4 Å². The van der Waals surface area contributed by atoms with Crippen molar-refractivity contribution < 1.29 is 4.79 Å². The molecule has 0 aliphatic heterocycles. The van der Waals surface area contributed by atoms with Crippen molar-refractivity contribution in [3.8, 4) is 11.1 Å². The van der Waals surface area contributed by atoms with Crippen LogP contribution in [-0.2, 0) is 11.2 Å². The number of ketones is 1. The molecule has 0 radical (unpaired) electrons. The predicted octanol–water partition coefficient (Wildman–Crippen LogP) is 4.82. The van der Waals surface area contributed by atoms with Gasteiger partial charge in [0.05, 0.1) is 0 Å². The predicted molar refractivity (Wildman–Crippen MR) is 84.6 cm³/mol. The summed E-state index contributed by atoms with van der Waals surface area (Å²) in [7, 11) is 0. The number of benzene rings is 2. The molecule has 2 aromatic carbocycles. The van der Waals surface area contributed by atoms with E-state index in [0.29, 0.717) is 6.42 Å². The molecule has 0 aliphatic rings. The van der Waals surface area contributed by atoms with Crippen LogP contribution < -0.4 is 0 Å². The fraction of sp³-hybridized carbons (Fsp3) is 0.211. The van der Waals surface area contributed by atoms with Gasteiger partial charge in [0.1, 0.15) is 0 Å². The first-order chi connectivity index (χ1) is 9.70. The molecular formula is C19H20O. The van der Waals surface area contributed by atoms with Crippen molar-refractivity contribution in [1.29, 1.82) is 0 Å². The summed E-state index contributed by atoms with van der Waals surface area (Å²) in [6.07, 6.45) is 2.08. The Labute approximate surface area is 121 Å². The van der Waals surface area contributed by atoms with E-state index in [1.165, 1.54) is 16.7 Å². The molecule has 0 fully saturated rings. The highest BCUT2D eigenvalue weighted by molar-refractivity contribution is 5.94. The van der Waals surface area contributed by atoms with Gasteiger partial charge in [0.2, 0.25) is 0 Å². The number of hydrogen-bond donors (Lipinski definition) is 0. The Morgan fingerprint density at radius 3 is 2.15 bits per heavy atom. The van der Waals surface area contributed by atoms with Crippen LogP contribution in [0.2, 0.25) is 0 Å². The number of carbonyl (C=O) groups is 1. The summed E-state index contributed by atoms with van der Waals surface area (Å²) in [6.45, 7) is 5.76. The molecule has 0 saturated carbocycles. The highest BCUT2D eigenvalue weighted by atomic mass is 16.1. The second kappa shape index (κ2) is 6.85. The lowest BCUT2D eigenvalue weighted by Crippen LogP contribution is -2.02. The van der Waals surface area contributed by atoms with E-state index in [1.807, 2.05) is 25.1 Å². The van der Waals surface area contributed by atoms with Gasteiger partial charge in [0.15, 0.2) is 5.78 Å². The van der Waals surface area contributed by atoms with Crippen molar-refractivity contribution in [2.45, 2.75) is 26.2 Å². The molecule has 20 heavy (non-hydrogen) atoms. The normalized spacial score (nSPS) is 10.2.